The third kappa shape index (κ3) is 7.90. The van der Waals surface area contributed by atoms with Crippen LogP contribution in [0.25, 0.3) is 88.0 Å². The van der Waals surface area contributed by atoms with Crippen LogP contribution < -0.4 is 9.80 Å². The monoisotopic (exact) mass is 1090 g/mol. The van der Waals surface area contributed by atoms with Crippen LogP contribution in [-0.4, -0.2) is 0 Å². The van der Waals surface area contributed by atoms with Crippen molar-refractivity contribution >= 4 is 88.8 Å². The Morgan fingerprint density at radius 2 is 0.682 bits per heavy atom. The van der Waals surface area contributed by atoms with E-state index in [4.69, 9.17) is 8.83 Å². The summed E-state index contributed by atoms with van der Waals surface area (Å²) in [5, 5.41) is 6.60. The highest BCUT2D eigenvalue weighted by atomic mass is 16.3. The molecule has 0 spiro atoms. The van der Waals surface area contributed by atoms with Gasteiger partial charge < -0.3 is 18.6 Å². The van der Waals surface area contributed by atoms with E-state index in [9.17, 15) is 0 Å². The van der Waals surface area contributed by atoms with Crippen LogP contribution in [0, 0.1) is 27.7 Å². The van der Waals surface area contributed by atoms with E-state index in [0.29, 0.717) is 0 Å². The maximum absolute atomic E-state index is 7.33. The van der Waals surface area contributed by atoms with Crippen LogP contribution in [0.4, 0.5) is 34.1 Å². The molecule has 0 N–H and O–H groups in total. The van der Waals surface area contributed by atoms with Gasteiger partial charge in [-0.25, -0.2) is 0 Å². The topological polar surface area (TPSA) is 32.8 Å². The largest absolute Gasteiger partial charge is 0.453 e. The highest BCUT2D eigenvalue weighted by Crippen LogP contribution is 2.61. The summed E-state index contributed by atoms with van der Waals surface area (Å²) in [5.41, 5.74) is 25.0. The second-order valence-electron chi connectivity index (χ2n) is 23.0. The van der Waals surface area contributed by atoms with Crippen LogP contribution in [0.2, 0.25) is 0 Å². The van der Waals surface area contributed by atoms with Crippen molar-refractivity contribution in [3.05, 3.63) is 324 Å². The molecule has 13 aromatic carbocycles. The van der Waals surface area contributed by atoms with E-state index in [1.54, 1.807) is 0 Å². The van der Waals surface area contributed by atoms with Crippen LogP contribution in [0.15, 0.2) is 288 Å². The molecule has 4 nitrogen and oxygen atoms in total. The maximum atomic E-state index is 7.33. The van der Waals surface area contributed by atoms with Crippen molar-refractivity contribution in [2.45, 2.75) is 33.1 Å². The predicted octanol–water partition coefficient (Wildman–Crippen LogP) is 22.5. The molecule has 15 aromatic rings. The molecule has 0 atom stereocenters. The molecule has 0 bridgehead atoms. The minimum Gasteiger partial charge on any atom is -0.453 e. The van der Waals surface area contributed by atoms with Gasteiger partial charge in [0.1, 0.15) is 11.2 Å². The Morgan fingerprint density at radius 1 is 0.271 bits per heavy atom. The lowest BCUT2D eigenvalue weighted by Crippen LogP contribution is -2.29. The highest BCUT2D eigenvalue weighted by molar-refractivity contribution is 6.17. The molecule has 2 aromatic heterocycles. The lowest BCUT2D eigenvalue weighted by atomic mass is 9.67. The molecule has 404 valence electrons. The Kier molecular flexibility index (Phi) is 11.6. The van der Waals surface area contributed by atoms with Gasteiger partial charge in [-0.3, -0.25) is 0 Å². The first kappa shape index (κ1) is 50.1. The fraction of sp³-hybridized carbons (Fsp3) is 0.0617. The van der Waals surface area contributed by atoms with Crippen LogP contribution in [0.1, 0.15) is 44.5 Å². The van der Waals surface area contributed by atoms with E-state index in [2.05, 4.69) is 317 Å². The molecule has 0 fully saturated rings. The van der Waals surface area contributed by atoms with E-state index in [1.807, 2.05) is 0 Å². The van der Waals surface area contributed by atoms with Crippen LogP contribution >= 0.6 is 0 Å². The summed E-state index contributed by atoms with van der Waals surface area (Å²) in [4.78, 5) is 4.91. The lowest BCUT2D eigenvalue weighted by molar-refractivity contribution is 0.670. The van der Waals surface area contributed by atoms with Crippen LogP contribution in [-0.2, 0) is 5.41 Å². The summed E-state index contributed by atoms with van der Waals surface area (Å²) in [6.45, 7) is 8.79. The minimum atomic E-state index is -0.809. The fourth-order valence-corrected chi connectivity index (χ4v) is 14.3. The molecule has 1 aliphatic carbocycles. The standard InChI is InChI=1S/C81H58N2O2/c1-51-43-52(2)46-60(45-51)82(73-39-21-37-68-66-35-19-33-62(77(66)84-79(68)73)55-23-9-5-10-24-55)59-41-42-70-71(49-59)81(57-27-13-7-14-28-57,58-29-15-8-16-30-58)72-50-75(64-31-17-18-32-65(64)76(70)72)83(61-47-53(3)44-54(4)48-61)74-40-22-38-69-67-36-20-34-63(78(67)85-80(69)74)56-25-11-6-12-26-56/h5-50H,1-4H3. The molecule has 16 rings (SSSR count). The molecule has 0 unspecified atom stereocenters. The van der Waals surface area contributed by atoms with Crippen molar-refractivity contribution in [1.29, 1.82) is 0 Å². The number of benzene rings is 13. The van der Waals surface area contributed by atoms with Gasteiger partial charge in [-0.1, -0.05) is 224 Å². The predicted molar refractivity (Wildman–Crippen MR) is 355 cm³/mol. The number of para-hydroxylation sites is 4. The second-order valence-corrected chi connectivity index (χ2v) is 23.0. The zero-order chi connectivity index (χ0) is 56.9. The van der Waals surface area contributed by atoms with Gasteiger partial charge in [-0.15, -0.1) is 0 Å². The van der Waals surface area contributed by atoms with Gasteiger partial charge in [-0.2, -0.15) is 0 Å². The summed E-state index contributed by atoms with van der Waals surface area (Å²) in [5.74, 6) is 0. The number of furan rings is 2. The SMILES string of the molecule is Cc1cc(C)cc(N(c2ccc3c(c2)C(c2ccccc2)(c2ccccc2)c2cc(N(c4cc(C)cc(C)c4)c4cccc5c4oc4c(-c6ccccc6)cccc45)c4ccccc4c2-3)c2cccc3c2oc2c(-c4ccccc4)cccc23)c1. The van der Waals surface area contributed by atoms with Crippen LogP contribution in [0.5, 0.6) is 0 Å². The maximum Gasteiger partial charge on any atom is 0.159 e. The minimum absolute atomic E-state index is 0.809. The molecule has 0 saturated carbocycles. The summed E-state index contributed by atoms with van der Waals surface area (Å²) in [6, 6.07) is 102. The van der Waals surface area contributed by atoms with Crippen molar-refractivity contribution in [1.82, 2.24) is 0 Å². The van der Waals surface area contributed by atoms with E-state index in [1.165, 1.54) is 61.0 Å². The van der Waals surface area contributed by atoms with E-state index < -0.39 is 5.41 Å². The normalized spacial score (nSPS) is 12.6. The van der Waals surface area contributed by atoms with Crippen molar-refractivity contribution in [3.8, 4) is 33.4 Å². The molecular formula is C81H58N2O2. The molecule has 0 aliphatic heterocycles. The number of nitrogens with zero attached hydrogens (tertiary/aromatic N) is 2. The molecule has 85 heavy (non-hydrogen) atoms. The summed E-state index contributed by atoms with van der Waals surface area (Å²) >= 11 is 0. The molecule has 1 aliphatic rings. The molecule has 4 heteroatoms. The summed E-state index contributed by atoms with van der Waals surface area (Å²) < 4.78 is 14.6. The van der Waals surface area contributed by atoms with Gasteiger partial charge in [0, 0.05) is 55.1 Å². The first-order chi connectivity index (χ1) is 41.8. The summed E-state index contributed by atoms with van der Waals surface area (Å²) in [6.07, 6.45) is 0. The average molecular weight is 1090 g/mol. The van der Waals surface area contributed by atoms with E-state index in [0.717, 1.165) is 106 Å². The Labute approximate surface area is 494 Å². The van der Waals surface area contributed by atoms with Gasteiger partial charge >= 0.3 is 0 Å². The van der Waals surface area contributed by atoms with Crippen molar-refractivity contribution in [2.24, 2.45) is 0 Å². The third-order valence-electron chi connectivity index (χ3n) is 17.6. The number of fused-ring (bicyclic) bond motifs is 11. The Morgan fingerprint density at radius 3 is 1.19 bits per heavy atom. The third-order valence-corrected chi connectivity index (χ3v) is 17.6. The average Bonchev–Trinajstić information content (AvgIpc) is 1.57. The van der Waals surface area contributed by atoms with Crippen molar-refractivity contribution < 1.29 is 8.83 Å². The van der Waals surface area contributed by atoms with E-state index >= 15 is 0 Å². The molecule has 2 heterocycles. The van der Waals surface area contributed by atoms with Gasteiger partial charge in [0.2, 0.25) is 0 Å². The molecule has 0 amide bonds. The second kappa shape index (κ2) is 19.8. The summed E-state index contributed by atoms with van der Waals surface area (Å²) in [7, 11) is 0. The number of aryl methyl sites for hydroxylation is 4. The van der Waals surface area contributed by atoms with E-state index in [-0.39, 0.29) is 0 Å². The number of anilines is 6. The lowest BCUT2D eigenvalue weighted by Gasteiger charge is -2.36. The number of hydrogen-bond acceptors (Lipinski definition) is 4. The Balaban J connectivity index is 0.990. The smallest absolute Gasteiger partial charge is 0.159 e. The zero-order valence-electron chi connectivity index (χ0n) is 47.8. The van der Waals surface area contributed by atoms with Crippen molar-refractivity contribution in [2.75, 3.05) is 9.80 Å². The number of hydrogen-bond donors (Lipinski definition) is 0. The Hall–Kier alpha value is -10.7. The Bertz CT molecular complexity index is 5040. The van der Waals surface area contributed by atoms with Gasteiger partial charge in [-0.05, 0) is 154 Å². The van der Waals surface area contributed by atoms with Crippen LogP contribution in [0.3, 0.4) is 0 Å². The van der Waals surface area contributed by atoms with Gasteiger partial charge in [0.15, 0.2) is 11.2 Å². The van der Waals surface area contributed by atoms with Crippen molar-refractivity contribution in [3.63, 3.8) is 0 Å². The van der Waals surface area contributed by atoms with Gasteiger partial charge in [0.25, 0.3) is 0 Å². The molecule has 0 radical (unpaired) electrons. The molecular weight excluding hydrogens is 1030 g/mol. The number of rotatable bonds is 10. The first-order valence-corrected chi connectivity index (χ1v) is 29.4. The fourth-order valence-electron chi connectivity index (χ4n) is 14.3. The highest BCUT2D eigenvalue weighted by Gasteiger charge is 2.48. The first-order valence-electron chi connectivity index (χ1n) is 29.4. The quantitative estimate of drug-likeness (QED) is 0.137. The zero-order valence-corrected chi connectivity index (χ0v) is 47.8. The van der Waals surface area contributed by atoms with Gasteiger partial charge in [0.05, 0.1) is 22.5 Å². The molecule has 0 saturated heterocycles.